The van der Waals surface area contributed by atoms with Crippen molar-refractivity contribution in [3.8, 4) is 5.88 Å². The van der Waals surface area contributed by atoms with Crippen LogP contribution in [0.4, 0.5) is 25.6 Å². The number of anilines is 2. The molecule has 1 aromatic carbocycles. The molecule has 2 aliphatic rings. The van der Waals surface area contributed by atoms with Crippen LogP contribution in [0.1, 0.15) is 78.7 Å². The van der Waals surface area contributed by atoms with Gasteiger partial charge in [0.2, 0.25) is 5.95 Å². The quantitative estimate of drug-likeness (QED) is 0.251. The van der Waals surface area contributed by atoms with Crippen molar-refractivity contribution in [3.05, 3.63) is 48.2 Å². The first-order valence-electron chi connectivity index (χ1n) is 15.6. The second-order valence-electron chi connectivity index (χ2n) is 14.1. The van der Waals surface area contributed by atoms with Gasteiger partial charge in [-0.3, -0.25) is 0 Å². The van der Waals surface area contributed by atoms with Crippen molar-refractivity contribution in [3.63, 3.8) is 0 Å². The number of amides is 2. The summed E-state index contributed by atoms with van der Waals surface area (Å²) in [6.45, 7) is 11.1. The SMILES string of the molecule is CC(C)(C)OC(=O)NCC1(n2cc(OCC3CC(c4cnc(Nc5ccc(S(=O)(=O)NC(=O)OC(C)(C)C)cc5F)nc4)C3)nn2)CC1. The first-order chi connectivity index (χ1) is 22.4. The summed E-state index contributed by atoms with van der Waals surface area (Å²) in [5, 5.41) is 13.9. The highest BCUT2D eigenvalue weighted by molar-refractivity contribution is 7.90. The van der Waals surface area contributed by atoms with E-state index in [9.17, 15) is 22.4 Å². The molecule has 0 spiro atoms. The third kappa shape index (κ3) is 9.08. The second kappa shape index (κ2) is 13.2. The van der Waals surface area contributed by atoms with Gasteiger partial charge in [-0.25, -0.2) is 41.8 Å². The molecule has 260 valence electrons. The Labute approximate surface area is 278 Å². The van der Waals surface area contributed by atoms with Crippen LogP contribution in [0, 0.1) is 11.7 Å². The normalized spacial score (nSPS) is 18.6. The van der Waals surface area contributed by atoms with E-state index in [1.54, 1.807) is 48.8 Å². The Balaban J connectivity index is 1.06. The standard InChI is InChI=1S/C31H41FN8O7S/c1-29(2,3)46-27(41)35-18-31(9-10-31)40-16-25(37-39-40)45-17-19-11-20(12-19)21-14-33-26(34-15-21)36-24-8-7-22(13-23(24)32)48(43,44)38-28(42)47-30(4,5)6/h7-8,13-16,19-20H,9-12,17-18H2,1-6H3,(H,35,41)(H,38,42)(H,33,34,36). The second-order valence-corrected chi connectivity index (χ2v) is 15.8. The summed E-state index contributed by atoms with van der Waals surface area (Å²) in [5.74, 6) is 0.252. The Bertz CT molecular complexity index is 1740. The summed E-state index contributed by atoms with van der Waals surface area (Å²) in [4.78, 5) is 32.1. The number of hydrogen-bond acceptors (Lipinski definition) is 12. The van der Waals surface area contributed by atoms with Crippen LogP contribution < -0.4 is 20.1 Å². The lowest BCUT2D eigenvalue weighted by Gasteiger charge is -2.34. The largest absolute Gasteiger partial charge is 0.475 e. The maximum absolute atomic E-state index is 14.8. The summed E-state index contributed by atoms with van der Waals surface area (Å²) >= 11 is 0. The molecule has 2 aromatic heterocycles. The first-order valence-corrected chi connectivity index (χ1v) is 17.0. The topological polar surface area (TPSA) is 189 Å². The number of nitrogens with one attached hydrogen (secondary N) is 3. The van der Waals surface area contributed by atoms with E-state index in [0.717, 1.165) is 43.4 Å². The van der Waals surface area contributed by atoms with Crippen molar-refractivity contribution >= 4 is 33.8 Å². The van der Waals surface area contributed by atoms with Crippen molar-refractivity contribution in [1.82, 2.24) is 35.0 Å². The summed E-state index contributed by atoms with van der Waals surface area (Å²) in [5.41, 5.74) is -0.890. The molecule has 15 nitrogen and oxygen atoms in total. The van der Waals surface area contributed by atoms with Gasteiger partial charge in [0.1, 0.15) is 17.0 Å². The fourth-order valence-electron chi connectivity index (χ4n) is 5.04. The fourth-order valence-corrected chi connectivity index (χ4v) is 5.93. The molecular weight excluding hydrogens is 647 g/mol. The van der Waals surface area contributed by atoms with Gasteiger partial charge in [-0.2, -0.15) is 0 Å². The Morgan fingerprint density at radius 3 is 2.27 bits per heavy atom. The van der Waals surface area contributed by atoms with Gasteiger partial charge in [0.15, 0.2) is 0 Å². The van der Waals surface area contributed by atoms with Gasteiger partial charge in [0.05, 0.1) is 28.9 Å². The van der Waals surface area contributed by atoms with E-state index in [-0.39, 0.29) is 23.1 Å². The number of hydrogen-bond donors (Lipinski definition) is 3. The zero-order valence-corrected chi connectivity index (χ0v) is 28.6. The number of rotatable bonds is 11. The number of alkyl carbamates (subject to hydrolysis) is 1. The molecular formula is C31H41FN8O7S. The van der Waals surface area contributed by atoms with Crippen LogP contribution in [0.5, 0.6) is 5.88 Å². The molecule has 2 fully saturated rings. The Morgan fingerprint density at radius 1 is 1.02 bits per heavy atom. The molecule has 0 unspecified atom stereocenters. The molecule has 0 atom stereocenters. The highest BCUT2D eigenvalue weighted by Crippen LogP contribution is 2.43. The number of carbonyl (C=O) groups is 2. The Morgan fingerprint density at radius 2 is 1.67 bits per heavy atom. The average molecular weight is 689 g/mol. The minimum atomic E-state index is -4.35. The lowest BCUT2D eigenvalue weighted by Crippen LogP contribution is -2.39. The maximum Gasteiger partial charge on any atom is 0.421 e. The first kappa shape index (κ1) is 34.8. The third-order valence-electron chi connectivity index (χ3n) is 7.71. The van der Waals surface area contributed by atoms with Crippen LogP contribution in [0.25, 0.3) is 0 Å². The molecule has 2 amide bonds. The fraction of sp³-hybridized carbons (Fsp3) is 0.548. The molecule has 5 rings (SSSR count). The van der Waals surface area contributed by atoms with Crippen molar-refractivity contribution in [1.29, 1.82) is 0 Å². The van der Waals surface area contributed by atoms with Gasteiger partial charge in [-0.15, -0.1) is 0 Å². The molecule has 2 aliphatic carbocycles. The zero-order chi connectivity index (χ0) is 34.9. The number of nitrogens with zero attached hydrogens (tertiary/aromatic N) is 5. The Kier molecular flexibility index (Phi) is 9.54. The highest BCUT2D eigenvalue weighted by Gasteiger charge is 2.46. The monoisotopic (exact) mass is 688 g/mol. The third-order valence-corrected chi connectivity index (χ3v) is 9.02. The molecule has 0 saturated heterocycles. The number of ether oxygens (including phenoxy) is 3. The van der Waals surface area contributed by atoms with Crippen LogP contribution in [-0.2, 0) is 25.0 Å². The van der Waals surface area contributed by atoms with Crippen LogP contribution >= 0.6 is 0 Å². The smallest absolute Gasteiger partial charge is 0.421 e. The van der Waals surface area contributed by atoms with E-state index in [1.165, 1.54) is 6.07 Å². The van der Waals surface area contributed by atoms with Crippen molar-refractivity contribution in [2.75, 3.05) is 18.5 Å². The molecule has 48 heavy (non-hydrogen) atoms. The van der Waals surface area contributed by atoms with Gasteiger partial charge in [0.25, 0.3) is 15.9 Å². The van der Waals surface area contributed by atoms with Crippen molar-refractivity contribution in [2.45, 2.75) is 94.8 Å². The Hall–Kier alpha value is -4.54. The number of sulfonamides is 1. The van der Waals surface area contributed by atoms with Crippen LogP contribution in [0.3, 0.4) is 0 Å². The molecule has 2 saturated carbocycles. The summed E-state index contributed by atoms with van der Waals surface area (Å²) in [6.07, 6.45) is 6.95. The molecule has 0 bridgehead atoms. The predicted molar refractivity (Wildman–Crippen MR) is 171 cm³/mol. The number of aromatic nitrogens is 5. The summed E-state index contributed by atoms with van der Waals surface area (Å²) in [7, 11) is -4.35. The van der Waals surface area contributed by atoms with Crippen LogP contribution in [-0.4, -0.2) is 69.9 Å². The summed E-state index contributed by atoms with van der Waals surface area (Å²) < 4.78 is 59.5. The molecule has 0 aliphatic heterocycles. The lowest BCUT2D eigenvalue weighted by atomic mass is 9.72. The van der Waals surface area contributed by atoms with E-state index in [1.807, 2.05) is 20.8 Å². The molecule has 3 aromatic rings. The molecule has 2 heterocycles. The van der Waals surface area contributed by atoms with E-state index in [4.69, 9.17) is 14.2 Å². The van der Waals surface area contributed by atoms with Gasteiger partial charge < -0.3 is 24.8 Å². The maximum atomic E-state index is 14.8. The van der Waals surface area contributed by atoms with E-state index < -0.39 is 44.1 Å². The summed E-state index contributed by atoms with van der Waals surface area (Å²) in [6, 6.07) is 3.16. The minimum absolute atomic E-state index is 0.0383. The van der Waals surface area contributed by atoms with Gasteiger partial charge in [-0.1, -0.05) is 10.3 Å². The highest BCUT2D eigenvalue weighted by atomic mass is 32.2. The van der Waals surface area contributed by atoms with Gasteiger partial charge in [0, 0.05) is 18.9 Å². The predicted octanol–water partition coefficient (Wildman–Crippen LogP) is 4.75. The number of halogens is 1. The molecule has 0 radical (unpaired) electrons. The van der Waals surface area contributed by atoms with E-state index >= 15 is 0 Å². The average Bonchev–Trinajstić information content (AvgIpc) is 3.58. The van der Waals surface area contributed by atoms with Crippen LogP contribution in [0.15, 0.2) is 41.7 Å². The van der Waals surface area contributed by atoms with Gasteiger partial charge in [-0.05, 0) is 103 Å². The van der Waals surface area contributed by atoms with Gasteiger partial charge >= 0.3 is 12.2 Å². The number of benzene rings is 1. The van der Waals surface area contributed by atoms with Crippen molar-refractivity contribution < 1.29 is 36.6 Å². The van der Waals surface area contributed by atoms with Crippen molar-refractivity contribution in [2.24, 2.45) is 5.92 Å². The molecule has 3 N–H and O–H groups in total. The minimum Gasteiger partial charge on any atom is -0.475 e. The molecule has 17 heteroatoms. The van der Waals surface area contributed by atoms with E-state index in [0.29, 0.717) is 24.9 Å². The van der Waals surface area contributed by atoms with Crippen LogP contribution in [0.2, 0.25) is 0 Å². The zero-order valence-electron chi connectivity index (χ0n) is 27.7. The number of carbonyl (C=O) groups excluding carboxylic acids is 2. The lowest BCUT2D eigenvalue weighted by molar-refractivity contribution is 0.0513. The van der Waals surface area contributed by atoms with E-state index in [2.05, 4.69) is 30.9 Å².